The summed E-state index contributed by atoms with van der Waals surface area (Å²) >= 11 is 0. The summed E-state index contributed by atoms with van der Waals surface area (Å²) in [6.07, 6.45) is -0.944. The topological polar surface area (TPSA) is 105 Å². The Hall–Kier alpha value is -1.94. The Morgan fingerprint density at radius 3 is 2.64 bits per heavy atom. The van der Waals surface area contributed by atoms with Gasteiger partial charge in [0.05, 0.1) is 0 Å². The summed E-state index contributed by atoms with van der Waals surface area (Å²) in [5.74, 6) is -0.417. The molecule has 1 unspecified atom stereocenters. The summed E-state index contributed by atoms with van der Waals surface area (Å²) in [5.41, 5.74) is -0.161. The van der Waals surface area contributed by atoms with Gasteiger partial charge in [0.2, 0.25) is 5.69 Å². The fraction of sp³-hybridized carbons (Fsp3) is 0.429. The van der Waals surface area contributed by atoms with Gasteiger partial charge >= 0.3 is 5.82 Å². The van der Waals surface area contributed by atoms with Crippen LogP contribution in [0.3, 0.4) is 0 Å². The molecule has 74 valence electrons. The number of hydrogen-bond donors (Lipinski definition) is 1. The molecule has 0 aliphatic carbocycles. The lowest BCUT2D eigenvalue weighted by Crippen LogP contribution is -2.03. The van der Waals surface area contributed by atoms with Gasteiger partial charge in [-0.3, -0.25) is 4.57 Å². The maximum atomic E-state index is 10.5. The first kappa shape index (κ1) is 10.1. The lowest BCUT2D eigenvalue weighted by Gasteiger charge is -1.98. The van der Waals surface area contributed by atoms with Crippen molar-refractivity contribution in [2.24, 2.45) is 7.05 Å². The number of rotatable bonds is 2. The van der Waals surface area contributed by atoms with Crippen molar-refractivity contribution in [3.63, 3.8) is 0 Å². The maximum absolute atomic E-state index is 10.5. The predicted molar refractivity (Wildman–Crippen MR) is 45.2 cm³/mol. The number of aliphatic hydroxyl groups excluding tert-OH is 1. The SMILES string of the molecule is CC(O)c1nc([N+](=O)[O-])c(C#N)n1C. The van der Waals surface area contributed by atoms with Crippen molar-refractivity contribution < 1.29 is 10.0 Å². The highest BCUT2D eigenvalue weighted by Gasteiger charge is 2.27. The molecule has 0 spiro atoms. The normalized spacial score (nSPS) is 12.1. The molecule has 0 fully saturated rings. The Balaban J connectivity index is 3.41. The van der Waals surface area contributed by atoms with Crippen molar-refractivity contribution in [2.75, 3.05) is 0 Å². The Morgan fingerprint density at radius 2 is 2.36 bits per heavy atom. The molecule has 1 atom stereocenters. The Morgan fingerprint density at radius 1 is 1.79 bits per heavy atom. The number of nitriles is 1. The molecule has 0 saturated carbocycles. The van der Waals surface area contributed by atoms with E-state index in [0.29, 0.717) is 0 Å². The summed E-state index contributed by atoms with van der Waals surface area (Å²) in [7, 11) is 1.45. The molecule has 0 bridgehead atoms. The van der Waals surface area contributed by atoms with E-state index >= 15 is 0 Å². The van der Waals surface area contributed by atoms with E-state index in [2.05, 4.69) is 4.98 Å². The Bertz CT molecular complexity index is 415. The fourth-order valence-electron chi connectivity index (χ4n) is 1.13. The summed E-state index contributed by atoms with van der Waals surface area (Å²) in [5, 5.41) is 28.3. The van der Waals surface area contributed by atoms with Crippen molar-refractivity contribution in [2.45, 2.75) is 13.0 Å². The highest BCUT2D eigenvalue weighted by Crippen LogP contribution is 2.21. The molecule has 7 heteroatoms. The summed E-state index contributed by atoms with van der Waals surface area (Å²) < 4.78 is 1.21. The molecular formula is C7H8N4O3. The smallest absolute Gasteiger partial charge is 0.383 e. The molecule has 1 heterocycles. The van der Waals surface area contributed by atoms with Gasteiger partial charge in [-0.1, -0.05) is 0 Å². The molecule has 0 radical (unpaired) electrons. The monoisotopic (exact) mass is 196 g/mol. The van der Waals surface area contributed by atoms with E-state index in [4.69, 9.17) is 5.26 Å². The van der Waals surface area contributed by atoms with Crippen LogP contribution in [0, 0.1) is 21.4 Å². The fourth-order valence-corrected chi connectivity index (χ4v) is 1.13. The minimum atomic E-state index is -0.944. The van der Waals surface area contributed by atoms with Crippen LogP contribution < -0.4 is 0 Å². The van der Waals surface area contributed by atoms with Crippen LogP contribution in [0.4, 0.5) is 5.82 Å². The van der Waals surface area contributed by atoms with E-state index in [1.807, 2.05) is 0 Å². The highest BCUT2D eigenvalue weighted by molar-refractivity contribution is 5.40. The molecule has 0 aliphatic heterocycles. The Kier molecular flexibility index (Phi) is 2.49. The number of imidazole rings is 1. The maximum Gasteiger partial charge on any atom is 0.400 e. The van der Waals surface area contributed by atoms with Crippen LogP contribution in [-0.4, -0.2) is 19.6 Å². The quantitative estimate of drug-likeness (QED) is 0.539. The lowest BCUT2D eigenvalue weighted by atomic mass is 10.4. The van der Waals surface area contributed by atoms with Gasteiger partial charge < -0.3 is 15.2 Å². The number of nitrogens with zero attached hydrogens (tertiary/aromatic N) is 4. The van der Waals surface area contributed by atoms with Crippen molar-refractivity contribution in [3.05, 3.63) is 21.6 Å². The average Bonchev–Trinajstić information content (AvgIpc) is 2.42. The zero-order valence-electron chi connectivity index (χ0n) is 7.63. The lowest BCUT2D eigenvalue weighted by molar-refractivity contribution is -0.389. The summed E-state index contributed by atoms with van der Waals surface area (Å²) in [6, 6.07) is 1.67. The largest absolute Gasteiger partial charge is 0.400 e. The first-order valence-electron chi connectivity index (χ1n) is 3.78. The van der Waals surface area contributed by atoms with E-state index in [-0.39, 0.29) is 11.5 Å². The van der Waals surface area contributed by atoms with Crippen LogP contribution in [0.25, 0.3) is 0 Å². The van der Waals surface area contributed by atoms with Gasteiger partial charge in [0, 0.05) is 7.05 Å². The van der Waals surface area contributed by atoms with E-state index in [1.54, 1.807) is 6.07 Å². The standard InChI is InChI=1S/C7H8N4O3/c1-4(12)6-9-7(11(13)14)5(3-8)10(6)2/h4,12H,1-2H3. The second-order valence-corrected chi connectivity index (χ2v) is 2.75. The van der Waals surface area contributed by atoms with Crippen LogP contribution in [0.15, 0.2) is 0 Å². The van der Waals surface area contributed by atoms with Gasteiger partial charge in [0.25, 0.3) is 5.82 Å². The van der Waals surface area contributed by atoms with Crippen LogP contribution in [0.1, 0.15) is 24.5 Å². The van der Waals surface area contributed by atoms with Crippen LogP contribution >= 0.6 is 0 Å². The third-order valence-corrected chi connectivity index (χ3v) is 1.76. The summed E-state index contributed by atoms with van der Waals surface area (Å²) in [6.45, 7) is 1.42. The van der Waals surface area contributed by atoms with Crippen LogP contribution in [0.5, 0.6) is 0 Å². The molecule has 1 N–H and O–H groups in total. The molecule has 0 aromatic carbocycles. The van der Waals surface area contributed by atoms with E-state index in [1.165, 1.54) is 18.5 Å². The molecule has 0 aliphatic rings. The molecule has 1 aromatic rings. The highest BCUT2D eigenvalue weighted by atomic mass is 16.6. The van der Waals surface area contributed by atoms with Gasteiger partial charge in [0.1, 0.15) is 12.2 Å². The third-order valence-electron chi connectivity index (χ3n) is 1.76. The second kappa shape index (κ2) is 3.43. The molecule has 7 nitrogen and oxygen atoms in total. The second-order valence-electron chi connectivity index (χ2n) is 2.75. The minimum absolute atomic E-state index is 0.105. The molecule has 1 aromatic heterocycles. The van der Waals surface area contributed by atoms with Gasteiger partial charge in [-0.15, -0.1) is 0 Å². The number of aliphatic hydroxyl groups is 1. The molecule has 14 heavy (non-hydrogen) atoms. The third kappa shape index (κ3) is 1.43. The zero-order chi connectivity index (χ0) is 10.9. The van der Waals surface area contributed by atoms with Crippen molar-refractivity contribution >= 4 is 5.82 Å². The minimum Gasteiger partial charge on any atom is -0.383 e. The zero-order valence-corrected chi connectivity index (χ0v) is 7.63. The first-order valence-corrected chi connectivity index (χ1v) is 3.78. The molecule has 1 rings (SSSR count). The van der Waals surface area contributed by atoms with E-state index < -0.39 is 16.8 Å². The van der Waals surface area contributed by atoms with Gasteiger partial charge in [-0.25, -0.2) is 0 Å². The first-order chi connectivity index (χ1) is 6.49. The van der Waals surface area contributed by atoms with Crippen LogP contribution in [0.2, 0.25) is 0 Å². The van der Waals surface area contributed by atoms with Gasteiger partial charge in [-0.05, 0) is 16.8 Å². The molecule has 0 saturated heterocycles. The van der Waals surface area contributed by atoms with E-state index in [9.17, 15) is 15.2 Å². The number of aromatic nitrogens is 2. The number of nitro groups is 1. The van der Waals surface area contributed by atoms with Crippen LogP contribution in [-0.2, 0) is 7.05 Å². The number of hydrogen-bond acceptors (Lipinski definition) is 5. The van der Waals surface area contributed by atoms with Gasteiger partial charge in [0.15, 0.2) is 0 Å². The van der Waals surface area contributed by atoms with E-state index in [0.717, 1.165) is 0 Å². The molecular weight excluding hydrogens is 188 g/mol. The molecule has 0 amide bonds. The summed E-state index contributed by atoms with van der Waals surface area (Å²) in [4.78, 5) is 13.3. The van der Waals surface area contributed by atoms with Crippen molar-refractivity contribution in [1.82, 2.24) is 9.55 Å². The van der Waals surface area contributed by atoms with Crippen molar-refractivity contribution in [1.29, 1.82) is 5.26 Å². The van der Waals surface area contributed by atoms with Gasteiger partial charge in [-0.2, -0.15) is 5.26 Å². The predicted octanol–water partition coefficient (Wildman–Crippen LogP) is 0.253. The average molecular weight is 196 g/mol. The van der Waals surface area contributed by atoms with Crippen molar-refractivity contribution in [3.8, 4) is 6.07 Å². The Labute approximate surface area is 79.4 Å².